The average Bonchev–Trinajstić information content (AvgIpc) is 3.27. The van der Waals surface area contributed by atoms with Crippen LogP contribution < -0.4 is 15.9 Å². The lowest BCUT2D eigenvalue weighted by atomic mass is 10.1. The summed E-state index contributed by atoms with van der Waals surface area (Å²) < 4.78 is 15.6. The van der Waals surface area contributed by atoms with Crippen molar-refractivity contribution >= 4 is 91.8 Å². The van der Waals surface area contributed by atoms with Gasteiger partial charge in [-0.05, 0) is 83.9 Å². The van der Waals surface area contributed by atoms with Crippen molar-refractivity contribution in [1.29, 1.82) is 0 Å². The molecule has 0 aliphatic rings. The van der Waals surface area contributed by atoms with Crippen LogP contribution in [-0.2, 0) is 4.57 Å². The lowest BCUT2D eigenvalue weighted by Crippen LogP contribution is -2.25. The molecule has 1 nitrogen and oxygen atoms in total. The number of hydrogen-bond donors (Lipinski definition) is 0. The van der Waals surface area contributed by atoms with Crippen molar-refractivity contribution in [2.24, 2.45) is 0 Å². The van der Waals surface area contributed by atoms with Crippen LogP contribution in [0.1, 0.15) is 33.4 Å². The minimum absolute atomic E-state index is 0.805. The van der Waals surface area contributed by atoms with Crippen LogP contribution in [0.5, 0.6) is 0 Å². The van der Waals surface area contributed by atoms with Crippen LogP contribution in [0, 0.1) is 0 Å². The van der Waals surface area contributed by atoms with E-state index in [2.05, 4.69) is 200 Å². The van der Waals surface area contributed by atoms with Crippen molar-refractivity contribution < 1.29 is 4.57 Å². The molecule has 2 heteroatoms. The maximum Gasteiger partial charge on any atom is 0.171 e. The molecule has 0 spiro atoms. The van der Waals surface area contributed by atoms with E-state index in [9.17, 15) is 0 Å². The molecule has 0 aromatic heterocycles. The Bertz CT molecular complexity index is 2640. The lowest BCUT2D eigenvalue weighted by Gasteiger charge is -2.20. The third-order valence-corrected chi connectivity index (χ3v) is 13.6. The Balaban J connectivity index is 1.01. The molecule has 0 saturated heterocycles. The fraction of sp³-hybridized carbons (Fsp3) is 0. The van der Waals surface area contributed by atoms with Gasteiger partial charge in [-0.15, -0.1) is 0 Å². The molecule has 266 valence electrons. The molecule has 56 heavy (non-hydrogen) atoms. The summed E-state index contributed by atoms with van der Waals surface area (Å²) in [6.07, 6.45) is 12.8. The van der Waals surface area contributed by atoms with Gasteiger partial charge in [0, 0.05) is 15.9 Å². The van der Waals surface area contributed by atoms with Crippen LogP contribution in [0.15, 0.2) is 200 Å². The summed E-state index contributed by atoms with van der Waals surface area (Å²) in [5.41, 5.74) is 6.58. The standard InChI is InChI=1S/C54H39OP/c55-56(52-31-22-40(23-32-52)13-16-43-19-28-46-7-1-4-10-49(46)37-43,53-33-24-41(25-34-53)14-17-44-20-29-47-8-2-5-11-50(47)38-44)54-35-26-42(27-36-54)15-18-45-21-30-48-9-3-6-12-51(48)39-45/h1-39H/b16-13+,17-14+,18-15+. The second-order valence-corrected chi connectivity index (χ2v) is 17.0. The number of hydrogen-bond acceptors (Lipinski definition) is 1. The second kappa shape index (κ2) is 15.5. The summed E-state index contributed by atoms with van der Waals surface area (Å²) in [5, 5.41) is 9.76. The molecule has 9 aromatic rings. The molecule has 0 fully saturated rings. The Morgan fingerprint density at radius 1 is 0.250 bits per heavy atom. The van der Waals surface area contributed by atoms with Crippen molar-refractivity contribution in [1.82, 2.24) is 0 Å². The van der Waals surface area contributed by atoms with Gasteiger partial charge in [-0.2, -0.15) is 0 Å². The van der Waals surface area contributed by atoms with Gasteiger partial charge in [0.15, 0.2) is 7.14 Å². The molecule has 9 aromatic carbocycles. The zero-order chi connectivity index (χ0) is 37.7. The zero-order valence-electron chi connectivity index (χ0n) is 30.9. The van der Waals surface area contributed by atoms with E-state index in [1.807, 2.05) is 36.4 Å². The van der Waals surface area contributed by atoms with Crippen LogP contribution in [0.25, 0.3) is 68.8 Å². The highest BCUT2D eigenvalue weighted by Crippen LogP contribution is 2.42. The minimum Gasteiger partial charge on any atom is -0.309 e. The summed E-state index contributed by atoms with van der Waals surface area (Å²) in [7, 11) is -3.22. The molecule has 0 aliphatic heterocycles. The molecule has 0 atom stereocenters. The van der Waals surface area contributed by atoms with E-state index in [0.717, 1.165) is 49.3 Å². The van der Waals surface area contributed by atoms with Gasteiger partial charge in [0.1, 0.15) is 0 Å². The van der Waals surface area contributed by atoms with E-state index >= 15 is 4.57 Å². The number of fused-ring (bicyclic) bond motifs is 3. The highest BCUT2D eigenvalue weighted by molar-refractivity contribution is 7.85. The third-order valence-electron chi connectivity index (χ3n) is 10.5. The first kappa shape index (κ1) is 34.9. The van der Waals surface area contributed by atoms with Crippen molar-refractivity contribution in [2.45, 2.75) is 0 Å². The molecule has 0 bridgehead atoms. The van der Waals surface area contributed by atoms with E-state index in [-0.39, 0.29) is 0 Å². The normalized spacial score (nSPS) is 12.1. The van der Waals surface area contributed by atoms with Crippen LogP contribution in [-0.4, -0.2) is 0 Å². The van der Waals surface area contributed by atoms with Gasteiger partial charge < -0.3 is 4.57 Å². The predicted octanol–water partition coefficient (Wildman–Crippen LogP) is 13.3. The Labute approximate surface area is 328 Å². The van der Waals surface area contributed by atoms with Crippen molar-refractivity contribution in [3.05, 3.63) is 234 Å². The van der Waals surface area contributed by atoms with Crippen LogP contribution >= 0.6 is 7.14 Å². The fourth-order valence-corrected chi connectivity index (χ4v) is 9.95. The van der Waals surface area contributed by atoms with Crippen molar-refractivity contribution in [3.8, 4) is 0 Å². The molecule has 0 radical (unpaired) electrons. The van der Waals surface area contributed by atoms with Crippen molar-refractivity contribution in [2.75, 3.05) is 0 Å². The first-order valence-electron chi connectivity index (χ1n) is 19.0. The van der Waals surface area contributed by atoms with E-state index in [1.54, 1.807) is 0 Å². The SMILES string of the molecule is O=P(c1ccc(/C=C/c2ccc3ccccc3c2)cc1)(c1ccc(/C=C/c2ccc3ccccc3c2)cc1)c1ccc(/C=C/c2ccc3ccccc3c2)cc1. The van der Waals surface area contributed by atoms with E-state index < -0.39 is 7.14 Å². The summed E-state index contributed by atoms with van der Waals surface area (Å²) in [4.78, 5) is 0. The lowest BCUT2D eigenvalue weighted by molar-refractivity contribution is 0.592. The highest BCUT2D eigenvalue weighted by atomic mass is 31.2. The Morgan fingerprint density at radius 2 is 0.482 bits per heavy atom. The average molecular weight is 735 g/mol. The van der Waals surface area contributed by atoms with Gasteiger partial charge in [0.2, 0.25) is 0 Å². The van der Waals surface area contributed by atoms with Gasteiger partial charge in [0.05, 0.1) is 0 Å². The Kier molecular flexibility index (Phi) is 9.68. The smallest absolute Gasteiger partial charge is 0.171 e. The maximum absolute atomic E-state index is 15.6. The Morgan fingerprint density at radius 3 is 0.768 bits per heavy atom. The number of rotatable bonds is 9. The molecular formula is C54H39OP. The number of benzene rings is 9. The molecule has 0 heterocycles. The van der Waals surface area contributed by atoms with Gasteiger partial charge in [0.25, 0.3) is 0 Å². The van der Waals surface area contributed by atoms with E-state index in [4.69, 9.17) is 0 Å². The fourth-order valence-electron chi connectivity index (χ4n) is 7.35. The maximum atomic E-state index is 15.6. The van der Waals surface area contributed by atoms with Gasteiger partial charge in [-0.25, -0.2) is 0 Å². The molecule has 0 amide bonds. The van der Waals surface area contributed by atoms with Crippen molar-refractivity contribution in [3.63, 3.8) is 0 Å². The molecule has 0 aliphatic carbocycles. The molecule has 0 saturated carbocycles. The third kappa shape index (κ3) is 7.46. The zero-order valence-corrected chi connectivity index (χ0v) is 31.8. The van der Waals surface area contributed by atoms with E-state index in [1.165, 1.54) is 32.3 Å². The predicted molar refractivity (Wildman–Crippen MR) is 244 cm³/mol. The quantitative estimate of drug-likeness (QED) is 0.107. The van der Waals surface area contributed by atoms with Gasteiger partial charge in [-0.1, -0.05) is 218 Å². The minimum atomic E-state index is -3.22. The van der Waals surface area contributed by atoms with E-state index in [0.29, 0.717) is 0 Å². The first-order valence-corrected chi connectivity index (χ1v) is 20.7. The van der Waals surface area contributed by atoms with Gasteiger partial charge in [-0.3, -0.25) is 0 Å². The van der Waals surface area contributed by atoms with Crippen LogP contribution in [0.2, 0.25) is 0 Å². The monoisotopic (exact) mass is 734 g/mol. The summed E-state index contributed by atoms with van der Waals surface area (Å²) >= 11 is 0. The van der Waals surface area contributed by atoms with Gasteiger partial charge >= 0.3 is 0 Å². The largest absolute Gasteiger partial charge is 0.309 e. The highest BCUT2D eigenvalue weighted by Gasteiger charge is 2.29. The first-order chi connectivity index (χ1) is 27.6. The molecule has 9 rings (SSSR count). The van der Waals surface area contributed by atoms with Crippen LogP contribution in [0.4, 0.5) is 0 Å². The summed E-state index contributed by atoms with van der Waals surface area (Å²) in [6, 6.07) is 69.3. The van der Waals surface area contributed by atoms with Crippen LogP contribution in [0.3, 0.4) is 0 Å². The Hall–Kier alpha value is -6.79. The molecule has 0 unspecified atom stereocenters. The topological polar surface area (TPSA) is 17.1 Å². The molecule has 0 N–H and O–H groups in total. The summed E-state index contributed by atoms with van der Waals surface area (Å²) in [5.74, 6) is 0. The summed E-state index contributed by atoms with van der Waals surface area (Å²) in [6.45, 7) is 0. The second-order valence-electron chi connectivity index (χ2n) is 14.2. The molecular weight excluding hydrogens is 696 g/mol.